The van der Waals surface area contributed by atoms with E-state index in [4.69, 9.17) is 9.72 Å². The topological polar surface area (TPSA) is 62.1 Å². The molecule has 1 aromatic carbocycles. The van der Waals surface area contributed by atoms with Crippen LogP contribution < -0.4 is 10.2 Å². The molecule has 11 heteroatoms. The first-order valence-corrected chi connectivity index (χ1v) is 13.4. The fourth-order valence-corrected chi connectivity index (χ4v) is 5.64. The Morgan fingerprint density at radius 2 is 1.87 bits per heavy atom. The van der Waals surface area contributed by atoms with Crippen molar-refractivity contribution in [2.24, 2.45) is 5.92 Å². The van der Waals surface area contributed by atoms with Crippen LogP contribution in [0.3, 0.4) is 0 Å². The van der Waals surface area contributed by atoms with Gasteiger partial charge in [-0.2, -0.15) is 13.2 Å². The SMILES string of the molecule is Cc1cc(F)c(NC(=O)N2CC[C@@H](CC(F)(F)F)C2)cc1-c1cc(N2CCOCC2)c2nc(C3CC3)cn2c1. The number of hydrogen-bond donors (Lipinski definition) is 1. The molecule has 2 aliphatic heterocycles. The fraction of sp³-hybridized carbons (Fsp3) is 0.500. The molecule has 3 aromatic rings. The highest BCUT2D eigenvalue weighted by Crippen LogP contribution is 2.41. The third-order valence-corrected chi connectivity index (χ3v) is 7.86. The Hall–Kier alpha value is -3.34. The van der Waals surface area contributed by atoms with Gasteiger partial charge in [-0.1, -0.05) is 0 Å². The van der Waals surface area contributed by atoms with E-state index in [9.17, 15) is 22.4 Å². The van der Waals surface area contributed by atoms with Crippen LogP contribution in [-0.2, 0) is 4.74 Å². The molecule has 3 aliphatic rings. The number of alkyl halides is 3. The molecule has 1 saturated carbocycles. The zero-order valence-electron chi connectivity index (χ0n) is 21.7. The molecule has 6 rings (SSSR count). The first-order chi connectivity index (χ1) is 18.6. The molecule has 39 heavy (non-hydrogen) atoms. The summed E-state index contributed by atoms with van der Waals surface area (Å²) in [6, 6.07) is 4.44. The molecule has 208 valence electrons. The van der Waals surface area contributed by atoms with Gasteiger partial charge < -0.3 is 24.3 Å². The molecule has 1 N–H and O–H groups in total. The summed E-state index contributed by atoms with van der Waals surface area (Å²) in [5.74, 6) is -0.749. The Labute approximate surface area is 223 Å². The number of ether oxygens (including phenoxy) is 1. The van der Waals surface area contributed by atoms with Crippen molar-refractivity contribution >= 4 is 23.1 Å². The smallest absolute Gasteiger partial charge is 0.378 e. The van der Waals surface area contributed by atoms with Gasteiger partial charge in [-0.3, -0.25) is 0 Å². The van der Waals surface area contributed by atoms with E-state index in [0.29, 0.717) is 24.7 Å². The quantitative estimate of drug-likeness (QED) is 0.402. The van der Waals surface area contributed by atoms with E-state index >= 15 is 0 Å². The molecule has 2 aromatic heterocycles. The first kappa shape index (κ1) is 25.9. The number of morpholine rings is 1. The molecule has 7 nitrogen and oxygen atoms in total. The summed E-state index contributed by atoms with van der Waals surface area (Å²) >= 11 is 0. The number of anilines is 2. The molecule has 2 saturated heterocycles. The van der Waals surface area contributed by atoms with Crippen molar-refractivity contribution in [1.82, 2.24) is 14.3 Å². The summed E-state index contributed by atoms with van der Waals surface area (Å²) < 4.78 is 60.9. The Kier molecular flexibility index (Phi) is 6.65. The van der Waals surface area contributed by atoms with Gasteiger partial charge in [0.15, 0.2) is 5.65 Å². The van der Waals surface area contributed by atoms with Crippen molar-refractivity contribution in [1.29, 1.82) is 0 Å². The number of carbonyl (C=O) groups excluding carboxylic acids is 1. The average Bonchev–Trinajstić information content (AvgIpc) is 3.49. The fourth-order valence-electron chi connectivity index (χ4n) is 5.64. The van der Waals surface area contributed by atoms with Crippen LogP contribution in [0.2, 0.25) is 0 Å². The van der Waals surface area contributed by atoms with Gasteiger partial charge in [-0.15, -0.1) is 0 Å². The monoisotopic (exact) mass is 545 g/mol. The van der Waals surface area contributed by atoms with Crippen molar-refractivity contribution in [3.05, 3.63) is 47.7 Å². The van der Waals surface area contributed by atoms with Crippen molar-refractivity contribution < 1.29 is 27.1 Å². The number of benzene rings is 1. The van der Waals surface area contributed by atoms with Gasteiger partial charge in [0.2, 0.25) is 0 Å². The molecule has 3 fully saturated rings. The molecular weight excluding hydrogens is 514 g/mol. The number of likely N-dealkylation sites (tertiary alicyclic amines) is 1. The largest absolute Gasteiger partial charge is 0.389 e. The summed E-state index contributed by atoms with van der Waals surface area (Å²) in [7, 11) is 0. The van der Waals surface area contributed by atoms with Gasteiger partial charge in [-0.25, -0.2) is 14.2 Å². The highest BCUT2D eigenvalue weighted by Gasteiger charge is 2.36. The van der Waals surface area contributed by atoms with Crippen LogP contribution in [0.25, 0.3) is 16.8 Å². The van der Waals surface area contributed by atoms with Crippen LogP contribution >= 0.6 is 0 Å². The standard InChI is InChI=1S/C28H31F4N5O2/c1-17-10-22(29)23(34-27(38)36-5-4-18(14-36)13-28(30,31)32)12-21(17)20-11-25(35-6-8-39-9-7-35)26-33-24(19-2-3-19)16-37(26)15-20/h10-12,15-16,18-19H,2-9,13-14H2,1H3,(H,34,38)/t18-/m0/s1. The van der Waals surface area contributed by atoms with Gasteiger partial charge >= 0.3 is 12.2 Å². The maximum Gasteiger partial charge on any atom is 0.389 e. The molecule has 1 aliphatic carbocycles. The minimum atomic E-state index is -4.27. The summed E-state index contributed by atoms with van der Waals surface area (Å²) in [6.45, 7) is 4.73. The lowest BCUT2D eigenvalue weighted by atomic mass is 10.00. The van der Waals surface area contributed by atoms with E-state index in [1.807, 2.05) is 17.5 Å². The van der Waals surface area contributed by atoms with Gasteiger partial charge in [0.25, 0.3) is 0 Å². The number of amides is 2. The molecule has 0 spiro atoms. The van der Waals surface area contributed by atoms with E-state index in [2.05, 4.69) is 22.5 Å². The number of pyridine rings is 1. The van der Waals surface area contributed by atoms with Crippen LogP contribution in [0, 0.1) is 18.7 Å². The van der Waals surface area contributed by atoms with Crippen molar-refractivity contribution in [3.8, 4) is 11.1 Å². The third kappa shape index (κ3) is 5.54. The molecule has 4 heterocycles. The minimum Gasteiger partial charge on any atom is -0.378 e. The van der Waals surface area contributed by atoms with E-state index < -0.39 is 30.4 Å². The molecule has 1 atom stereocenters. The van der Waals surface area contributed by atoms with Crippen molar-refractivity contribution in [2.75, 3.05) is 49.6 Å². The van der Waals surface area contributed by atoms with E-state index in [-0.39, 0.29) is 25.2 Å². The number of nitrogens with zero attached hydrogens (tertiary/aromatic N) is 4. The Balaban J connectivity index is 1.30. The number of urea groups is 1. The van der Waals surface area contributed by atoms with Crippen LogP contribution in [0.4, 0.5) is 33.7 Å². The van der Waals surface area contributed by atoms with E-state index in [1.54, 1.807) is 6.07 Å². The van der Waals surface area contributed by atoms with Gasteiger partial charge in [0, 0.05) is 56.5 Å². The van der Waals surface area contributed by atoms with Crippen molar-refractivity contribution in [3.63, 3.8) is 0 Å². The Morgan fingerprint density at radius 3 is 2.59 bits per heavy atom. The molecule has 0 radical (unpaired) electrons. The minimum absolute atomic E-state index is 0.00260. The average molecular weight is 546 g/mol. The maximum absolute atomic E-state index is 15.0. The normalized spacial score (nSPS) is 20.2. The second-order valence-corrected chi connectivity index (χ2v) is 10.9. The number of hydrogen-bond acceptors (Lipinski definition) is 4. The first-order valence-electron chi connectivity index (χ1n) is 13.4. The molecular formula is C28H31F4N5O2. The molecule has 0 unspecified atom stereocenters. The van der Waals surface area contributed by atoms with Crippen LogP contribution in [-0.4, -0.2) is 65.9 Å². The van der Waals surface area contributed by atoms with Gasteiger partial charge in [-0.05, 0) is 61.4 Å². The van der Waals surface area contributed by atoms with Crippen molar-refractivity contribution in [2.45, 2.75) is 44.7 Å². The second-order valence-electron chi connectivity index (χ2n) is 10.9. The number of nitrogens with one attached hydrogen (secondary N) is 1. The zero-order chi connectivity index (χ0) is 27.3. The van der Waals surface area contributed by atoms with E-state index in [0.717, 1.165) is 54.1 Å². The highest BCUT2D eigenvalue weighted by atomic mass is 19.4. The Bertz CT molecular complexity index is 1390. The second kappa shape index (κ2) is 10.0. The summed E-state index contributed by atoms with van der Waals surface area (Å²) in [5, 5.41) is 2.60. The van der Waals surface area contributed by atoms with Gasteiger partial charge in [0.1, 0.15) is 5.82 Å². The number of fused-ring (bicyclic) bond motifs is 1. The maximum atomic E-state index is 15.0. The molecule has 2 amide bonds. The number of halogens is 4. The van der Waals surface area contributed by atoms with Crippen LogP contribution in [0.15, 0.2) is 30.6 Å². The van der Waals surface area contributed by atoms with Crippen LogP contribution in [0.1, 0.15) is 42.9 Å². The highest BCUT2D eigenvalue weighted by molar-refractivity contribution is 5.91. The summed E-state index contributed by atoms with van der Waals surface area (Å²) in [4.78, 5) is 21.4. The third-order valence-electron chi connectivity index (χ3n) is 7.86. The predicted octanol–water partition coefficient (Wildman–Crippen LogP) is 5.97. The lowest BCUT2D eigenvalue weighted by Gasteiger charge is -2.29. The lowest BCUT2D eigenvalue weighted by Crippen LogP contribution is -2.36. The van der Waals surface area contributed by atoms with Gasteiger partial charge in [0.05, 0.1) is 30.3 Å². The summed E-state index contributed by atoms with van der Waals surface area (Å²) in [6.07, 6.45) is 1.39. The Morgan fingerprint density at radius 1 is 1.10 bits per heavy atom. The number of carbonyl (C=O) groups is 1. The number of rotatable bonds is 5. The van der Waals surface area contributed by atoms with Crippen LogP contribution in [0.5, 0.6) is 0 Å². The molecule has 0 bridgehead atoms. The summed E-state index contributed by atoms with van der Waals surface area (Å²) in [5.41, 5.74) is 5.22. The van der Waals surface area contributed by atoms with E-state index in [1.165, 1.54) is 11.0 Å². The number of aromatic nitrogens is 2. The predicted molar refractivity (Wildman–Crippen MR) is 140 cm³/mol. The number of imidazole rings is 1. The number of aryl methyl sites for hydroxylation is 1. The zero-order valence-corrected chi connectivity index (χ0v) is 21.7. The lowest BCUT2D eigenvalue weighted by molar-refractivity contribution is -0.143.